The summed E-state index contributed by atoms with van der Waals surface area (Å²) in [5.41, 5.74) is 2.78. The van der Waals surface area contributed by atoms with Crippen molar-refractivity contribution in [3.8, 4) is 11.4 Å². The van der Waals surface area contributed by atoms with Crippen molar-refractivity contribution >= 4 is 40.6 Å². The number of para-hydroxylation sites is 1. The lowest BCUT2D eigenvalue weighted by Gasteiger charge is -2.21. The van der Waals surface area contributed by atoms with Crippen LogP contribution in [-0.4, -0.2) is 39.5 Å². The number of anilines is 2. The number of nitrogens with zero attached hydrogens (tertiary/aromatic N) is 4. The van der Waals surface area contributed by atoms with E-state index in [1.54, 1.807) is 12.1 Å². The van der Waals surface area contributed by atoms with E-state index < -0.39 is 0 Å². The van der Waals surface area contributed by atoms with Crippen molar-refractivity contribution in [2.45, 2.75) is 19.0 Å². The number of aromatic nitrogens is 3. The van der Waals surface area contributed by atoms with E-state index >= 15 is 0 Å². The van der Waals surface area contributed by atoms with E-state index in [0.29, 0.717) is 15.9 Å². The van der Waals surface area contributed by atoms with Gasteiger partial charge in [0, 0.05) is 31.4 Å². The molecule has 0 aliphatic rings. The van der Waals surface area contributed by atoms with Crippen molar-refractivity contribution in [1.82, 2.24) is 14.8 Å². The maximum Gasteiger partial charge on any atom is 0.234 e. The second-order valence-electron chi connectivity index (χ2n) is 6.40. The lowest BCUT2D eigenvalue weighted by Crippen LogP contribution is -2.21. The van der Waals surface area contributed by atoms with Crippen molar-refractivity contribution in [3.05, 3.63) is 53.6 Å². The fourth-order valence-electron chi connectivity index (χ4n) is 2.98. The predicted molar refractivity (Wildman–Crippen MR) is 121 cm³/mol. The van der Waals surface area contributed by atoms with Crippen molar-refractivity contribution in [2.24, 2.45) is 7.05 Å². The highest BCUT2D eigenvalue weighted by Crippen LogP contribution is 2.26. The Balaban J connectivity index is 1.65. The third-order valence-electron chi connectivity index (χ3n) is 4.57. The summed E-state index contributed by atoms with van der Waals surface area (Å²) in [6.45, 7) is 6.23. The second-order valence-corrected chi connectivity index (χ2v) is 7.75. The van der Waals surface area contributed by atoms with Crippen LogP contribution >= 0.6 is 23.4 Å². The molecular formula is C21H24ClN5OS. The number of thioether (sulfide) groups is 1. The third-order valence-corrected chi connectivity index (χ3v) is 5.92. The smallest absolute Gasteiger partial charge is 0.234 e. The minimum Gasteiger partial charge on any atom is -0.372 e. The van der Waals surface area contributed by atoms with Crippen molar-refractivity contribution < 1.29 is 4.79 Å². The summed E-state index contributed by atoms with van der Waals surface area (Å²) >= 11 is 7.42. The monoisotopic (exact) mass is 429 g/mol. The van der Waals surface area contributed by atoms with E-state index in [-0.39, 0.29) is 11.7 Å². The van der Waals surface area contributed by atoms with E-state index in [0.717, 1.165) is 24.5 Å². The Hall–Kier alpha value is -2.51. The zero-order valence-electron chi connectivity index (χ0n) is 16.7. The van der Waals surface area contributed by atoms with Gasteiger partial charge in [-0.05, 0) is 50.2 Å². The molecule has 1 amide bonds. The topological polar surface area (TPSA) is 63.1 Å². The van der Waals surface area contributed by atoms with Crippen LogP contribution in [-0.2, 0) is 11.8 Å². The molecule has 0 atom stereocenters. The predicted octanol–water partition coefficient (Wildman–Crippen LogP) is 4.71. The first-order valence-electron chi connectivity index (χ1n) is 9.45. The molecule has 0 unspecified atom stereocenters. The molecular weight excluding hydrogens is 406 g/mol. The number of nitrogens with one attached hydrogen (secondary N) is 1. The molecule has 0 radical (unpaired) electrons. The number of benzene rings is 2. The zero-order valence-corrected chi connectivity index (χ0v) is 18.3. The summed E-state index contributed by atoms with van der Waals surface area (Å²) < 4.78 is 1.90. The fourth-order valence-corrected chi connectivity index (χ4v) is 3.88. The summed E-state index contributed by atoms with van der Waals surface area (Å²) in [5.74, 6) is 0.847. The number of carbonyl (C=O) groups excluding carboxylic acids is 1. The van der Waals surface area contributed by atoms with Gasteiger partial charge in [-0.2, -0.15) is 0 Å². The lowest BCUT2D eigenvalue weighted by atomic mass is 10.2. The van der Waals surface area contributed by atoms with Crippen LogP contribution in [0.3, 0.4) is 0 Å². The minimum absolute atomic E-state index is 0.142. The van der Waals surface area contributed by atoms with E-state index in [2.05, 4.69) is 58.5 Å². The summed E-state index contributed by atoms with van der Waals surface area (Å²) in [7, 11) is 1.90. The second kappa shape index (κ2) is 9.80. The zero-order chi connectivity index (χ0) is 20.8. The Labute approximate surface area is 180 Å². The molecule has 0 saturated carbocycles. The van der Waals surface area contributed by atoms with Gasteiger partial charge in [0.15, 0.2) is 11.0 Å². The number of rotatable bonds is 8. The van der Waals surface area contributed by atoms with Crippen LogP contribution in [0, 0.1) is 0 Å². The molecule has 3 rings (SSSR count). The van der Waals surface area contributed by atoms with Crippen LogP contribution in [0.2, 0.25) is 5.02 Å². The number of hydrogen-bond acceptors (Lipinski definition) is 5. The van der Waals surface area contributed by atoms with E-state index in [1.165, 1.54) is 17.4 Å². The van der Waals surface area contributed by atoms with Gasteiger partial charge in [-0.1, -0.05) is 35.5 Å². The molecule has 1 heterocycles. The molecule has 8 heteroatoms. The van der Waals surface area contributed by atoms with E-state index in [1.807, 2.05) is 23.7 Å². The number of halogens is 1. The molecule has 0 aliphatic carbocycles. The van der Waals surface area contributed by atoms with Crippen molar-refractivity contribution in [2.75, 3.05) is 29.1 Å². The number of amides is 1. The Morgan fingerprint density at radius 3 is 2.45 bits per heavy atom. The highest BCUT2D eigenvalue weighted by atomic mass is 35.5. The molecule has 29 heavy (non-hydrogen) atoms. The molecule has 0 aliphatic heterocycles. The maximum atomic E-state index is 12.2. The van der Waals surface area contributed by atoms with Crippen molar-refractivity contribution in [1.29, 1.82) is 0 Å². The highest BCUT2D eigenvalue weighted by Gasteiger charge is 2.14. The summed E-state index contributed by atoms with van der Waals surface area (Å²) in [6.07, 6.45) is 0. The van der Waals surface area contributed by atoms with E-state index in [4.69, 9.17) is 11.6 Å². The van der Waals surface area contributed by atoms with Gasteiger partial charge in [0.05, 0.1) is 16.5 Å². The molecule has 3 aromatic rings. The molecule has 0 saturated heterocycles. The van der Waals surface area contributed by atoms with Gasteiger partial charge in [-0.3, -0.25) is 4.79 Å². The molecule has 1 N–H and O–H groups in total. The quantitative estimate of drug-likeness (QED) is 0.525. The van der Waals surface area contributed by atoms with Crippen LogP contribution in [0.1, 0.15) is 13.8 Å². The first kappa shape index (κ1) is 21.2. The minimum atomic E-state index is -0.142. The number of carbonyl (C=O) groups is 1. The SMILES string of the molecule is CCN(CC)c1ccc(-c2nnc(SCC(=O)Nc3ccccc3Cl)n2C)cc1. The lowest BCUT2D eigenvalue weighted by molar-refractivity contribution is -0.113. The first-order valence-corrected chi connectivity index (χ1v) is 10.8. The van der Waals surface area contributed by atoms with E-state index in [9.17, 15) is 4.79 Å². The molecule has 0 bridgehead atoms. The van der Waals surface area contributed by atoms with Crippen LogP contribution in [0.4, 0.5) is 11.4 Å². The standard InChI is InChI=1S/C21H24ClN5OS/c1-4-27(5-2)16-12-10-15(11-13-16)20-24-25-21(26(20)3)29-14-19(28)23-18-9-7-6-8-17(18)22/h6-13H,4-5,14H2,1-3H3,(H,23,28). The van der Waals surface area contributed by atoms with Gasteiger partial charge < -0.3 is 14.8 Å². The van der Waals surface area contributed by atoms with Crippen LogP contribution in [0.5, 0.6) is 0 Å². The highest BCUT2D eigenvalue weighted by molar-refractivity contribution is 7.99. The maximum absolute atomic E-state index is 12.2. The van der Waals surface area contributed by atoms with Crippen LogP contribution in [0.15, 0.2) is 53.7 Å². The first-order chi connectivity index (χ1) is 14.0. The molecule has 2 aromatic carbocycles. The molecule has 152 valence electrons. The van der Waals surface area contributed by atoms with Crippen molar-refractivity contribution in [3.63, 3.8) is 0 Å². The Morgan fingerprint density at radius 2 is 1.79 bits per heavy atom. The molecule has 0 spiro atoms. The van der Waals surface area contributed by atoms with Gasteiger partial charge in [0.2, 0.25) is 5.91 Å². The Bertz CT molecular complexity index is 969. The van der Waals surface area contributed by atoms with Gasteiger partial charge in [0.25, 0.3) is 0 Å². The average molecular weight is 430 g/mol. The van der Waals surface area contributed by atoms with Gasteiger partial charge in [-0.15, -0.1) is 10.2 Å². The largest absolute Gasteiger partial charge is 0.372 e. The van der Waals surface area contributed by atoms with Gasteiger partial charge in [0.1, 0.15) is 0 Å². The summed E-state index contributed by atoms with van der Waals surface area (Å²) in [5, 5.41) is 12.5. The third kappa shape index (κ3) is 5.10. The Morgan fingerprint density at radius 1 is 1.10 bits per heavy atom. The molecule has 6 nitrogen and oxygen atoms in total. The van der Waals surface area contributed by atoms with Crippen LogP contribution in [0.25, 0.3) is 11.4 Å². The summed E-state index contributed by atoms with van der Waals surface area (Å²) in [6, 6.07) is 15.5. The number of hydrogen-bond donors (Lipinski definition) is 1. The Kier molecular flexibility index (Phi) is 7.17. The van der Waals surface area contributed by atoms with Crippen LogP contribution < -0.4 is 10.2 Å². The van der Waals surface area contributed by atoms with Gasteiger partial charge in [-0.25, -0.2) is 0 Å². The fraction of sp³-hybridized carbons (Fsp3) is 0.286. The summed E-state index contributed by atoms with van der Waals surface area (Å²) in [4.78, 5) is 14.5. The normalized spacial score (nSPS) is 10.8. The van der Waals surface area contributed by atoms with Gasteiger partial charge >= 0.3 is 0 Å². The average Bonchev–Trinajstić information content (AvgIpc) is 3.10. The molecule has 1 aromatic heterocycles. The molecule has 0 fully saturated rings.